The quantitative estimate of drug-likeness (QED) is 0.514. The molecule has 0 radical (unpaired) electrons. The second kappa shape index (κ2) is 7.37. The van der Waals surface area contributed by atoms with Crippen LogP contribution in [0.15, 0.2) is 57.3 Å². The van der Waals surface area contributed by atoms with E-state index in [1.807, 2.05) is 0 Å². The van der Waals surface area contributed by atoms with Gasteiger partial charge < -0.3 is 4.42 Å². The molecule has 0 saturated carbocycles. The summed E-state index contributed by atoms with van der Waals surface area (Å²) in [4.78, 5) is 16.8. The van der Waals surface area contributed by atoms with Gasteiger partial charge in [-0.05, 0) is 50.2 Å². The number of hydrogen-bond donors (Lipinski definition) is 1. The van der Waals surface area contributed by atoms with E-state index in [0.29, 0.717) is 11.1 Å². The van der Waals surface area contributed by atoms with Crippen molar-refractivity contribution in [2.75, 3.05) is 5.32 Å². The summed E-state index contributed by atoms with van der Waals surface area (Å²) < 4.78 is 31.1. The number of amides is 1. The van der Waals surface area contributed by atoms with Crippen molar-refractivity contribution < 1.29 is 17.6 Å². The van der Waals surface area contributed by atoms with Gasteiger partial charge in [0.15, 0.2) is 9.84 Å². The number of anilines is 1. The number of hydrogen-bond acceptors (Lipinski definition) is 8. The Morgan fingerprint density at radius 2 is 1.97 bits per heavy atom. The molecule has 0 unspecified atom stereocenters. The van der Waals surface area contributed by atoms with E-state index in [1.54, 1.807) is 49.7 Å². The molecule has 2 aromatic carbocycles. The third-order valence-electron chi connectivity index (χ3n) is 4.27. The van der Waals surface area contributed by atoms with Gasteiger partial charge in [-0.1, -0.05) is 11.2 Å². The molecule has 29 heavy (non-hydrogen) atoms. The van der Waals surface area contributed by atoms with Crippen LogP contribution in [0.25, 0.3) is 21.7 Å². The molecule has 1 N–H and O–H groups in total. The van der Waals surface area contributed by atoms with E-state index in [-0.39, 0.29) is 16.8 Å². The van der Waals surface area contributed by atoms with Crippen molar-refractivity contribution in [3.8, 4) is 11.5 Å². The largest absolute Gasteiger partial charge is 0.403 e. The molecule has 2 aromatic heterocycles. The zero-order valence-corrected chi connectivity index (χ0v) is 17.1. The predicted octanol–water partition coefficient (Wildman–Crippen LogP) is 3.78. The van der Waals surface area contributed by atoms with Crippen LogP contribution >= 0.6 is 11.3 Å². The van der Waals surface area contributed by atoms with Crippen molar-refractivity contribution in [1.82, 2.24) is 15.2 Å². The topological polar surface area (TPSA) is 115 Å². The number of nitrogens with zero attached hydrogens (tertiary/aromatic N) is 3. The first kappa shape index (κ1) is 19.2. The van der Waals surface area contributed by atoms with E-state index in [4.69, 9.17) is 4.42 Å². The molecule has 1 amide bonds. The molecule has 10 heteroatoms. The summed E-state index contributed by atoms with van der Waals surface area (Å²) in [6, 6.07) is 11.4. The molecule has 0 atom stereocenters. The van der Waals surface area contributed by atoms with Gasteiger partial charge >= 0.3 is 6.01 Å². The SMILES string of the molecule is CC(C)S(=O)(=O)c1cccc(-c2nnc(NC(=O)c3ccc4ncsc4c3)o2)c1. The Hall–Kier alpha value is -3.11. The van der Waals surface area contributed by atoms with Gasteiger partial charge in [-0.25, -0.2) is 13.4 Å². The van der Waals surface area contributed by atoms with E-state index in [1.165, 1.54) is 23.5 Å². The van der Waals surface area contributed by atoms with Crippen LogP contribution in [-0.4, -0.2) is 34.8 Å². The summed E-state index contributed by atoms with van der Waals surface area (Å²) in [6.45, 7) is 3.23. The van der Waals surface area contributed by atoms with Crippen LogP contribution in [0.4, 0.5) is 6.01 Å². The second-order valence-corrected chi connectivity index (χ2v) is 9.91. The van der Waals surface area contributed by atoms with Crippen LogP contribution in [0.2, 0.25) is 0 Å². The summed E-state index contributed by atoms with van der Waals surface area (Å²) in [5, 5.41) is 9.74. The summed E-state index contributed by atoms with van der Waals surface area (Å²) in [7, 11) is -3.43. The number of thiazole rings is 1. The van der Waals surface area contributed by atoms with Gasteiger partial charge in [0.2, 0.25) is 5.89 Å². The number of rotatable bonds is 5. The Bertz CT molecular complexity index is 1310. The molecule has 8 nitrogen and oxygen atoms in total. The van der Waals surface area contributed by atoms with Gasteiger partial charge in [-0.2, -0.15) is 0 Å². The van der Waals surface area contributed by atoms with Gasteiger partial charge in [0.05, 0.1) is 25.9 Å². The monoisotopic (exact) mass is 428 g/mol. The number of nitrogens with one attached hydrogen (secondary N) is 1. The third kappa shape index (κ3) is 3.76. The van der Waals surface area contributed by atoms with E-state index < -0.39 is 21.0 Å². The van der Waals surface area contributed by atoms with Crippen LogP contribution in [-0.2, 0) is 9.84 Å². The molecule has 0 bridgehead atoms. The van der Waals surface area contributed by atoms with Gasteiger partial charge in [0, 0.05) is 11.1 Å². The zero-order chi connectivity index (χ0) is 20.6. The van der Waals surface area contributed by atoms with Crippen molar-refractivity contribution >= 4 is 43.3 Å². The summed E-state index contributed by atoms with van der Waals surface area (Å²) >= 11 is 1.44. The smallest absolute Gasteiger partial charge is 0.322 e. The van der Waals surface area contributed by atoms with Crippen LogP contribution in [0, 0.1) is 0 Å². The average molecular weight is 428 g/mol. The highest BCUT2D eigenvalue weighted by Crippen LogP contribution is 2.25. The first-order valence-corrected chi connectivity index (χ1v) is 11.1. The van der Waals surface area contributed by atoms with E-state index in [2.05, 4.69) is 20.5 Å². The summed E-state index contributed by atoms with van der Waals surface area (Å²) in [5.41, 5.74) is 3.42. The van der Waals surface area contributed by atoms with Crippen LogP contribution < -0.4 is 5.32 Å². The van der Waals surface area contributed by atoms with Crippen molar-refractivity contribution in [1.29, 1.82) is 0 Å². The first-order valence-electron chi connectivity index (χ1n) is 8.67. The number of sulfone groups is 1. The lowest BCUT2D eigenvalue weighted by atomic mass is 10.2. The Labute approximate surface area is 170 Å². The molecule has 0 aliphatic rings. The lowest BCUT2D eigenvalue weighted by Crippen LogP contribution is -2.13. The molecule has 4 aromatic rings. The number of aromatic nitrogens is 3. The Balaban J connectivity index is 1.56. The Morgan fingerprint density at radius 1 is 1.14 bits per heavy atom. The minimum absolute atomic E-state index is 0.0773. The van der Waals surface area contributed by atoms with Crippen molar-refractivity contribution in [2.45, 2.75) is 24.0 Å². The standard InChI is InChI=1S/C19H16N4O4S2/c1-11(2)29(25,26)14-5-3-4-13(8-14)18-22-23-19(27-18)21-17(24)12-6-7-15-16(9-12)28-10-20-15/h3-11H,1-2H3,(H,21,23,24). The molecular weight excluding hydrogens is 412 g/mol. The van der Waals surface area contributed by atoms with Crippen LogP contribution in [0.3, 0.4) is 0 Å². The van der Waals surface area contributed by atoms with Crippen molar-refractivity contribution in [2.24, 2.45) is 0 Å². The number of carbonyl (C=O) groups excluding carboxylic acids is 1. The molecule has 2 heterocycles. The fraction of sp³-hybridized carbons (Fsp3) is 0.158. The molecule has 0 saturated heterocycles. The normalized spacial score (nSPS) is 11.8. The predicted molar refractivity (Wildman–Crippen MR) is 110 cm³/mol. The lowest BCUT2D eigenvalue weighted by molar-refractivity contribution is 0.102. The summed E-state index contributed by atoms with van der Waals surface area (Å²) in [6.07, 6.45) is 0. The minimum atomic E-state index is -3.43. The van der Waals surface area contributed by atoms with Crippen molar-refractivity contribution in [3.05, 3.63) is 53.5 Å². The third-order valence-corrected chi connectivity index (χ3v) is 7.21. The van der Waals surface area contributed by atoms with Gasteiger partial charge in [0.1, 0.15) is 0 Å². The highest BCUT2D eigenvalue weighted by Gasteiger charge is 2.21. The van der Waals surface area contributed by atoms with Gasteiger partial charge in [-0.15, -0.1) is 16.4 Å². The Morgan fingerprint density at radius 3 is 2.76 bits per heavy atom. The van der Waals surface area contributed by atoms with E-state index in [9.17, 15) is 13.2 Å². The maximum atomic E-state index is 12.5. The maximum Gasteiger partial charge on any atom is 0.322 e. The number of benzene rings is 2. The van der Waals surface area contributed by atoms with Gasteiger partial charge in [0.25, 0.3) is 5.91 Å². The maximum absolute atomic E-state index is 12.5. The van der Waals surface area contributed by atoms with Crippen molar-refractivity contribution in [3.63, 3.8) is 0 Å². The second-order valence-electron chi connectivity index (χ2n) is 6.52. The molecule has 0 aliphatic carbocycles. The Kier molecular flexibility index (Phi) is 4.89. The van der Waals surface area contributed by atoms with E-state index in [0.717, 1.165) is 10.2 Å². The molecular formula is C19H16N4O4S2. The summed E-state index contributed by atoms with van der Waals surface area (Å²) in [5.74, 6) is -0.286. The molecule has 0 aliphatic heterocycles. The molecule has 0 fully saturated rings. The average Bonchev–Trinajstić information content (AvgIpc) is 3.36. The van der Waals surface area contributed by atoms with Crippen LogP contribution in [0.1, 0.15) is 24.2 Å². The highest BCUT2D eigenvalue weighted by molar-refractivity contribution is 7.92. The zero-order valence-electron chi connectivity index (χ0n) is 15.5. The molecule has 148 valence electrons. The fourth-order valence-electron chi connectivity index (χ4n) is 2.63. The fourth-order valence-corrected chi connectivity index (χ4v) is 4.45. The first-order chi connectivity index (χ1) is 13.8. The molecule has 0 spiro atoms. The number of carbonyl (C=O) groups is 1. The highest BCUT2D eigenvalue weighted by atomic mass is 32.2. The lowest BCUT2D eigenvalue weighted by Gasteiger charge is -2.08. The number of fused-ring (bicyclic) bond motifs is 1. The molecule has 4 rings (SSSR count). The van der Waals surface area contributed by atoms with E-state index >= 15 is 0 Å². The van der Waals surface area contributed by atoms with Gasteiger partial charge in [-0.3, -0.25) is 10.1 Å². The minimum Gasteiger partial charge on any atom is -0.403 e. The van der Waals surface area contributed by atoms with Crippen LogP contribution in [0.5, 0.6) is 0 Å².